The summed E-state index contributed by atoms with van der Waals surface area (Å²) in [6, 6.07) is 30.3. The second-order valence-corrected chi connectivity index (χ2v) is 10.1. The van der Waals surface area contributed by atoms with Gasteiger partial charge in [-0.15, -0.1) is 0 Å². The molecule has 0 saturated heterocycles. The fourth-order valence-electron chi connectivity index (χ4n) is 6.24. The summed E-state index contributed by atoms with van der Waals surface area (Å²) in [6.45, 7) is 0. The molecule has 1 aliphatic rings. The number of hydrogen-bond acceptors (Lipinski definition) is 4. The monoisotopic (exact) mass is 480 g/mol. The molecule has 4 heteroatoms. The van der Waals surface area contributed by atoms with Gasteiger partial charge in [0.2, 0.25) is 0 Å². The highest BCUT2D eigenvalue weighted by Crippen LogP contribution is 2.50. The number of benzene rings is 4. The quantitative estimate of drug-likeness (QED) is 0.250. The number of aromatic hydroxyl groups is 4. The average Bonchev–Trinajstić information content (AvgIpc) is 2.87. The summed E-state index contributed by atoms with van der Waals surface area (Å²) in [5.74, 6) is 1.02. The Morgan fingerprint density at radius 1 is 0.333 bits per heavy atom. The molecule has 4 N–H and O–H groups in total. The smallest absolute Gasteiger partial charge is 0.115 e. The summed E-state index contributed by atoms with van der Waals surface area (Å²) < 4.78 is 0. The molecular weight excluding hydrogens is 448 g/mol. The molecule has 0 amide bonds. The van der Waals surface area contributed by atoms with Gasteiger partial charge in [-0.1, -0.05) is 61.4 Å². The zero-order valence-corrected chi connectivity index (χ0v) is 20.3. The van der Waals surface area contributed by atoms with Gasteiger partial charge in [0.25, 0.3) is 0 Å². The van der Waals surface area contributed by atoms with Crippen LogP contribution in [0.1, 0.15) is 60.8 Å². The summed E-state index contributed by atoms with van der Waals surface area (Å²) in [6.07, 6.45) is 5.56. The molecule has 0 radical (unpaired) electrons. The Morgan fingerprint density at radius 2 is 0.528 bits per heavy atom. The molecule has 0 aliphatic heterocycles. The minimum atomic E-state index is -0.225. The van der Waals surface area contributed by atoms with E-state index in [4.69, 9.17) is 0 Å². The van der Waals surface area contributed by atoms with Crippen LogP contribution in [0, 0.1) is 0 Å². The van der Waals surface area contributed by atoms with Crippen molar-refractivity contribution in [3.8, 4) is 23.0 Å². The van der Waals surface area contributed by atoms with E-state index in [-0.39, 0.29) is 33.8 Å². The van der Waals surface area contributed by atoms with Crippen molar-refractivity contribution in [3.63, 3.8) is 0 Å². The molecule has 1 saturated carbocycles. The molecule has 0 bridgehead atoms. The third kappa shape index (κ3) is 4.39. The first-order valence-corrected chi connectivity index (χ1v) is 12.6. The maximum absolute atomic E-state index is 9.94. The van der Waals surface area contributed by atoms with Crippen LogP contribution in [-0.4, -0.2) is 20.4 Å². The Balaban J connectivity index is 1.56. The van der Waals surface area contributed by atoms with Crippen molar-refractivity contribution in [1.82, 2.24) is 0 Å². The Bertz CT molecular complexity index is 1080. The first-order valence-electron chi connectivity index (χ1n) is 12.6. The van der Waals surface area contributed by atoms with E-state index in [2.05, 4.69) is 0 Å². The maximum atomic E-state index is 9.94. The molecule has 1 aliphatic carbocycles. The Kier molecular flexibility index (Phi) is 6.36. The van der Waals surface area contributed by atoms with E-state index in [1.807, 2.05) is 48.5 Å². The lowest BCUT2D eigenvalue weighted by molar-refractivity contribution is 0.301. The van der Waals surface area contributed by atoms with Crippen LogP contribution in [0.3, 0.4) is 0 Å². The van der Waals surface area contributed by atoms with Gasteiger partial charge in [-0.3, -0.25) is 0 Å². The van der Waals surface area contributed by atoms with Crippen LogP contribution in [0.25, 0.3) is 0 Å². The van der Waals surface area contributed by atoms with Crippen LogP contribution in [0.2, 0.25) is 0 Å². The lowest BCUT2D eigenvalue weighted by atomic mass is 9.60. The SMILES string of the molecule is Oc1ccc(C2(c3ccc(O)cc3)CCCC(c3ccc(O)cc3)(c3ccc(O)cc3)CCC2)cc1. The first kappa shape index (κ1) is 23.8. The molecule has 0 atom stereocenters. The summed E-state index contributed by atoms with van der Waals surface area (Å²) in [4.78, 5) is 0. The summed E-state index contributed by atoms with van der Waals surface area (Å²) >= 11 is 0. The normalized spacial score (nSPS) is 17.1. The van der Waals surface area contributed by atoms with Gasteiger partial charge >= 0.3 is 0 Å². The van der Waals surface area contributed by atoms with Crippen molar-refractivity contribution in [2.24, 2.45) is 0 Å². The van der Waals surface area contributed by atoms with Crippen molar-refractivity contribution in [3.05, 3.63) is 119 Å². The molecule has 1 fully saturated rings. The molecule has 0 unspecified atom stereocenters. The first-order chi connectivity index (χ1) is 17.4. The standard InChI is InChI=1S/C32H32O4/c33-27-11-3-23(4-12-27)31(24-5-13-28(34)14-6-24)19-1-20-32(22-2-21-31,25-7-15-29(35)16-8-25)26-9-17-30(36)18-10-26/h3-18,33-36H,1-2,19-22H2. The van der Waals surface area contributed by atoms with Crippen molar-refractivity contribution in [1.29, 1.82) is 0 Å². The molecule has 36 heavy (non-hydrogen) atoms. The van der Waals surface area contributed by atoms with Gasteiger partial charge in [-0.2, -0.15) is 0 Å². The predicted molar refractivity (Wildman–Crippen MR) is 142 cm³/mol. The van der Waals surface area contributed by atoms with E-state index in [1.165, 1.54) is 22.3 Å². The second kappa shape index (κ2) is 9.62. The van der Waals surface area contributed by atoms with E-state index in [0.717, 1.165) is 38.5 Å². The topological polar surface area (TPSA) is 80.9 Å². The zero-order valence-electron chi connectivity index (χ0n) is 20.3. The highest BCUT2D eigenvalue weighted by atomic mass is 16.3. The highest BCUT2D eigenvalue weighted by Gasteiger charge is 2.41. The summed E-state index contributed by atoms with van der Waals surface area (Å²) in [5.41, 5.74) is 4.25. The van der Waals surface area contributed by atoms with Crippen molar-refractivity contribution >= 4 is 0 Å². The molecule has 0 spiro atoms. The molecule has 0 aromatic heterocycles. The fourth-order valence-corrected chi connectivity index (χ4v) is 6.24. The number of hydrogen-bond donors (Lipinski definition) is 4. The molecular formula is C32H32O4. The number of phenolic OH excluding ortho intramolecular Hbond substituents is 4. The van der Waals surface area contributed by atoms with Crippen molar-refractivity contribution in [2.45, 2.75) is 49.4 Å². The average molecular weight is 481 g/mol. The molecule has 4 nitrogen and oxygen atoms in total. The minimum Gasteiger partial charge on any atom is -0.508 e. The number of rotatable bonds is 4. The highest BCUT2D eigenvalue weighted by molar-refractivity contribution is 5.46. The summed E-state index contributed by atoms with van der Waals surface area (Å²) in [5, 5.41) is 39.8. The van der Waals surface area contributed by atoms with Crippen LogP contribution in [0.15, 0.2) is 97.1 Å². The summed E-state index contributed by atoms with van der Waals surface area (Å²) in [7, 11) is 0. The lowest BCUT2D eigenvalue weighted by Gasteiger charge is -2.43. The van der Waals surface area contributed by atoms with Crippen LogP contribution >= 0.6 is 0 Å². The predicted octanol–water partition coefficient (Wildman–Crippen LogP) is 7.14. The molecule has 4 aromatic carbocycles. The third-order valence-corrected chi connectivity index (χ3v) is 8.09. The largest absolute Gasteiger partial charge is 0.508 e. The van der Waals surface area contributed by atoms with Gasteiger partial charge in [0.05, 0.1) is 0 Å². The van der Waals surface area contributed by atoms with Gasteiger partial charge in [0.15, 0.2) is 0 Å². The molecule has 5 rings (SSSR count). The van der Waals surface area contributed by atoms with Gasteiger partial charge in [-0.05, 0) is 96.5 Å². The van der Waals surface area contributed by atoms with Crippen LogP contribution < -0.4 is 0 Å². The molecule has 4 aromatic rings. The third-order valence-electron chi connectivity index (χ3n) is 8.09. The van der Waals surface area contributed by atoms with E-state index in [1.54, 1.807) is 48.5 Å². The number of phenols is 4. The fraction of sp³-hybridized carbons (Fsp3) is 0.250. The molecule has 184 valence electrons. The lowest BCUT2D eigenvalue weighted by Crippen LogP contribution is -2.35. The Hall–Kier alpha value is -3.92. The maximum Gasteiger partial charge on any atom is 0.115 e. The van der Waals surface area contributed by atoms with Crippen molar-refractivity contribution < 1.29 is 20.4 Å². The Labute approximate surface area is 212 Å². The Morgan fingerprint density at radius 3 is 0.722 bits per heavy atom. The zero-order chi connectivity index (χ0) is 25.2. The molecule has 0 heterocycles. The van der Waals surface area contributed by atoms with E-state index < -0.39 is 0 Å². The van der Waals surface area contributed by atoms with Crippen LogP contribution in [0.4, 0.5) is 0 Å². The van der Waals surface area contributed by atoms with Gasteiger partial charge in [0.1, 0.15) is 23.0 Å². The van der Waals surface area contributed by atoms with Crippen molar-refractivity contribution in [2.75, 3.05) is 0 Å². The van der Waals surface area contributed by atoms with E-state index >= 15 is 0 Å². The van der Waals surface area contributed by atoms with E-state index in [0.29, 0.717) is 0 Å². The van der Waals surface area contributed by atoms with Gasteiger partial charge in [-0.25, -0.2) is 0 Å². The second-order valence-electron chi connectivity index (χ2n) is 10.1. The van der Waals surface area contributed by atoms with Crippen LogP contribution in [0.5, 0.6) is 23.0 Å². The van der Waals surface area contributed by atoms with E-state index in [9.17, 15) is 20.4 Å². The van der Waals surface area contributed by atoms with Crippen LogP contribution in [-0.2, 0) is 10.8 Å². The van der Waals surface area contributed by atoms with Gasteiger partial charge < -0.3 is 20.4 Å². The minimum absolute atomic E-state index is 0.225. The van der Waals surface area contributed by atoms with Gasteiger partial charge in [0, 0.05) is 10.8 Å².